The van der Waals surface area contributed by atoms with Gasteiger partial charge >= 0.3 is 0 Å². The average molecular weight is 314 g/mol. The van der Waals surface area contributed by atoms with E-state index < -0.39 is 0 Å². The van der Waals surface area contributed by atoms with Crippen LogP contribution in [0, 0.1) is 0 Å². The van der Waals surface area contributed by atoms with E-state index in [2.05, 4.69) is 29.4 Å². The number of nitrogens with one attached hydrogen (secondary N) is 2. The van der Waals surface area contributed by atoms with Crippen molar-refractivity contribution in [1.82, 2.24) is 15.5 Å². The molecule has 4 nitrogen and oxygen atoms in total. The van der Waals surface area contributed by atoms with E-state index in [0.717, 1.165) is 24.1 Å². The van der Waals surface area contributed by atoms with Gasteiger partial charge in [-0.15, -0.1) is 12.4 Å². The molecule has 1 amide bonds. The molecule has 0 spiro atoms. The summed E-state index contributed by atoms with van der Waals surface area (Å²) in [7, 11) is 5.96. The van der Waals surface area contributed by atoms with Crippen molar-refractivity contribution in [3.63, 3.8) is 0 Å². The van der Waals surface area contributed by atoms with E-state index in [-0.39, 0.29) is 23.9 Å². The van der Waals surface area contributed by atoms with E-state index in [1.54, 1.807) is 0 Å². The zero-order valence-electron chi connectivity index (χ0n) is 13.7. The zero-order chi connectivity index (χ0) is 15.2. The Morgan fingerprint density at radius 1 is 1.24 bits per heavy atom. The predicted octanol–water partition coefficient (Wildman–Crippen LogP) is 1.94. The smallest absolute Gasteiger partial charge is 0.251 e. The van der Waals surface area contributed by atoms with Crippen LogP contribution in [0.4, 0.5) is 0 Å². The van der Waals surface area contributed by atoms with Crippen molar-refractivity contribution in [2.45, 2.75) is 25.8 Å². The third kappa shape index (κ3) is 6.04. The first kappa shape index (κ1) is 19.9. The molecule has 120 valence electrons. The van der Waals surface area contributed by atoms with Gasteiger partial charge in [0, 0.05) is 17.6 Å². The number of nitrogens with zero attached hydrogens (tertiary/aromatic N) is 1. The van der Waals surface area contributed by atoms with Crippen molar-refractivity contribution in [3.8, 4) is 0 Å². The normalized spacial score (nSPS) is 11.1. The number of amides is 1. The van der Waals surface area contributed by atoms with Crippen LogP contribution in [0.25, 0.3) is 0 Å². The molecule has 0 saturated carbocycles. The Morgan fingerprint density at radius 2 is 1.86 bits per heavy atom. The monoisotopic (exact) mass is 313 g/mol. The minimum absolute atomic E-state index is 0. The van der Waals surface area contributed by atoms with E-state index >= 15 is 0 Å². The third-order valence-corrected chi connectivity index (χ3v) is 3.80. The summed E-state index contributed by atoms with van der Waals surface area (Å²) >= 11 is 0. The largest absolute Gasteiger partial charge is 0.350 e. The lowest BCUT2D eigenvalue weighted by atomic mass is 10.0. The number of carbonyl (C=O) groups is 1. The fourth-order valence-electron chi connectivity index (χ4n) is 1.77. The predicted molar refractivity (Wildman–Crippen MR) is 91.4 cm³/mol. The van der Waals surface area contributed by atoms with Gasteiger partial charge < -0.3 is 15.5 Å². The van der Waals surface area contributed by atoms with Crippen LogP contribution in [-0.2, 0) is 6.42 Å². The Balaban J connectivity index is 0.00000400. The van der Waals surface area contributed by atoms with Crippen LogP contribution < -0.4 is 10.6 Å². The summed E-state index contributed by atoms with van der Waals surface area (Å²) in [5.41, 5.74) is 1.80. The van der Waals surface area contributed by atoms with Gasteiger partial charge in [-0.3, -0.25) is 4.79 Å². The second-order valence-electron chi connectivity index (χ2n) is 5.90. The Hall–Kier alpha value is -1.10. The first-order chi connectivity index (χ1) is 9.38. The lowest BCUT2D eigenvalue weighted by molar-refractivity contribution is 0.0919. The van der Waals surface area contributed by atoms with Crippen LogP contribution in [0.15, 0.2) is 24.3 Å². The van der Waals surface area contributed by atoms with Crippen molar-refractivity contribution in [1.29, 1.82) is 0 Å². The summed E-state index contributed by atoms with van der Waals surface area (Å²) in [6.45, 7) is 5.72. The van der Waals surface area contributed by atoms with Crippen molar-refractivity contribution in [2.75, 3.05) is 34.2 Å². The average Bonchev–Trinajstić information content (AvgIpc) is 2.42. The minimum Gasteiger partial charge on any atom is -0.350 e. The second-order valence-corrected chi connectivity index (χ2v) is 5.90. The lowest BCUT2D eigenvalue weighted by Gasteiger charge is -2.32. The highest BCUT2D eigenvalue weighted by Gasteiger charge is 2.21. The van der Waals surface area contributed by atoms with Gasteiger partial charge in [-0.25, -0.2) is 0 Å². The van der Waals surface area contributed by atoms with Gasteiger partial charge in [0.15, 0.2) is 0 Å². The third-order valence-electron chi connectivity index (χ3n) is 3.80. The molecule has 1 aromatic carbocycles. The molecule has 0 aliphatic heterocycles. The summed E-state index contributed by atoms with van der Waals surface area (Å²) in [6, 6.07) is 7.80. The number of likely N-dealkylation sites (N-methyl/N-ethyl adjacent to an activating group) is 2. The molecule has 0 aromatic heterocycles. The SMILES string of the molecule is CNCCc1ccccc1C(=O)NCC(C)(C)N(C)C.Cl. The highest BCUT2D eigenvalue weighted by molar-refractivity contribution is 5.95. The fraction of sp³-hybridized carbons (Fsp3) is 0.562. The Labute approximate surface area is 134 Å². The summed E-state index contributed by atoms with van der Waals surface area (Å²) in [6.07, 6.45) is 0.858. The second kappa shape index (κ2) is 9.03. The molecule has 1 rings (SSSR count). The maximum Gasteiger partial charge on any atom is 0.251 e. The van der Waals surface area contributed by atoms with Crippen LogP contribution in [0.1, 0.15) is 29.8 Å². The molecule has 21 heavy (non-hydrogen) atoms. The lowest BCUT2D eigenvalue weighted by Crippen LogP contribution is -2.48. The first-order valence-corrected chi connectivity index (χ1v) is 7.06. The highest BCUT2D eigenvalue weighted by Crippen LogP contribution is 2.11. The molecular formula is C16H28ClN3O. The molecule has 0 radical (unpaired) electrons. The maximum atomic E-state index is 12.3. The van der Waals surface area contributed by atoms with Crippen LogP contribution in [0.5, 0.6) is 0 Å². The summed E-state index contributed by atoms with van der Waals surface area (Å²) in [5.74, 6) is 0.00614. The Kier molecular flexibility index (Phi) is 8.55. The van der Waals surface area contributed by atoms with Gasteiger partial charge in [0.25, 0.3) is 5.91 Å². The Bertz CT molecular complexity index is 447. The van der Waals surface area contributed by atoms with Crippen LogP contribution in [-0.4, -0.2) is 50.6 Å². The van der Waals surface area contributed by atoms with Crippen molar-refractivity contribution in [3.05, 3.63) is 35.4 Å². The highest BCUT2D eigenvalue weighted by atomic mass is 35.5. The molecule has 0 aliphatic carbocycles. The van der Waals surface area contributed by atoms with Crippen LogP contribution in [0.3, 0.4) is 0 Å². The van der Waals surface area contributed by atoms with Crippen molar-refractivity contribution < 1.29 is 4.79 Å². The number of hydrogen-bond donors (Lipinski definition) is 2. The molecule has 0 bridgehead atoms. The standard InChI is InChI=1S/C16H27N3O.ClH/c1-16(2,19(4)5)12-18-15(20)14-9-7-6-8-13(14)10-11-17-3;/h6-9,17H,10-12H2,1-5H3,(H,18,20);1H. The summed E-state index contributed by atoms with van der Waals surface area (Å²) in [4.78, 5) is 14.5. The number of halogens is 1. The van der Waals surface area contributed by atoms with Gasteiger partial charge in [-0.05, 0) is 59.6 Å². The van der Waals surface area contributed by atoms with Gasteiger partial charge in [0.2, 0.25) is 0 Å². The summed E-state index contributed by atoms with van der Waals surface area (Å²) < 4.78 is 0. The van der Waals surface area contributed by atoms with Gasteiger partial charge in [-0.1, -0.05) is 18.2 Å². The van der Waals surface area contributed by atoms with E-state index in [9.17, 15) is 4.79 Å². The van der Waals surface area contributed by atoms with Crippen LogP contribution >= 0.6 is 12.4 Å². The molecule has 0 atom stereocenters. The molecule has 1 aromatic rings. The molecule has 0 fully saturated rings. The zero-order valence-corrected chi connectivity index (χ0v) is 14.5. The molecule has 0 unspecified atom stereocenters. The first-order valence-electron chi connectivity index (χ1n) is 7.06. The van der Waals surface area contributed by atoms with Crippen molar-refractivity contribution in [2.24, 2.45) is 0 Å². The molecule has 0 aliphatic rings. The quantitative estimate of drug-likeness (QED) is 0.808. The number of benzene rings is 1. The van der Waals surface area contributed by atoms with E-state index in [4.69, 9.17) is 0 Å². The van der Waals surface area contributed by atoms with Gasteiger partial charge in [-0.2, -0.15) is 0 Å². The van der Waals surface area contributed by atoms with Gasteiger partial charge in [0.05, 0.1) is 0 Å². The molecule has 0 heterocycles. The van der Waals surface area contributed by atoms with E-state index in [1.165, 1.54) is 0 Å². The van der Waals surface area contributed by atoms with E-state index in [0.29, 0.717) is 6.54 Å². The van der Waals surface area contributed by atoms with Crippen LogP contribution in [0.2, 0.25) is 0 Å². The molecule has 0 saturated heterocycles. The molecule has 2 N–H and O–H groups in total. The van der Waals surface area contributed by atoms with Crippen molar-refractivity contribution >= 4 is 18.3 Å². The fourth-order valence-corrected chi connectivity index (χ4v) is 1.77. The maximum absolute atomic E-state index is 12.3. The number of carbonyl (C=O) groups excluding carboxylic acids is 1. The van der Waals surface area contributed by atoms with E-state index in [1.807, 2.05) is 45.4 Å². The molecular weight excluding hydrogens is 286 g/mol. The van der Waals surface area contributed by atoms with Gasteiger partial charge in [0.1, 0.15) is 0 Å². The molecule has 5 heteroatoms. The topological polar surface area (TPSA) is 44.4 Å². The number of hydrogen-bond acceptors (Lipinski definition) is 3. The summed E-state index contributed by atoms with van der Waals surface area (Å²) in [5, 5.41) is 6.15. The minimum atomic E-state index is -0.0599. The Morgan fingerprint density at radius 3 is 2.43 bits per heavy atom. The number of rotatable bonds is 7.